The number of thiophene rings is 1. The zero-order valence-corrected chi connectivity index (χ0v) is 14.6. The topological polar surface area (TPSA) is 83.8 Å². The van der Waals surface area contributed by atoms with Crippen LogP contribution in [-0.4, -0.2) is 52.7 Å². The second-order valence-electron chi connectivity index (χ2n) is 5.48. The van der Waals surface area contributed by atoms with Crippen molar-refractivity contribution in [3.8, 4) is 0 Å². The summed E-state index contributed by atoms with van der Waals surface area (Å²) in [4.78, 5) is 39.1. The van der Waals surface area contributed by atoms with Crippen LogP contribution in [0.2, 0.25) is 5.02 Å². The third-order valence-electron chi connectivity index (χ3n) is 3.98. The van der Waals surface area contributed by atoms with Crippen LogP contribution in [0.4, 0.5) is 5.69 Å². The fraction of sp³-hybridized carbons (Fsp3) is 0.250. The number of rotatable bonds is 3. The van der Waals surface area contributed by atoms with Crippen molar-refractivity contribution >= 4 is 40.4 Å². The summed E-state index contributed by atoms with van der Waals surface area (Å²) in [7, 11) is 0. The van der Waals surface area contributed by atoms with Gasteiger partial charge in [0.1, 0.15) is 0 Å². The van der Waals surface area contributed by atoms with E-state index in [4.69, 9.17) is 11.6 Å². The van der Waals surface area contributed by atoms with Crippen LogP contribution in [0.5, 0.6) is 0 Å². The summed E-state index contributed by atoms with van der Waals surface area (Å²) in [6, 6.07) is 7.41. The van der Waals surface area contributed by atoms with Gasteiger partial charge in [-0.3, -0.25) is 19.7 Å². The number of amides is 2. The molecule has 0 spiro atoms. The maximum absolute atomic E-state index is 12.6. The second kappa shape index (κ2) is 7.20. The molecule has 0 saturated carbocycles. The number of halogens is 1. The maximum atomic E-state index is 12.6. The van der Waals surface area contributed by atoms with Crippen LogP contribution >= 0.6 is 22.9 Å². The van der Waals surface area contributed by atoms with Crippen molar-refractivity contribution in [1.82, 2.24) is 9.80 Å². The van der Waals surface area contributed by atoms with E-state index in [1.54, 1.807) is 15.9 Å². The summed E-state index contributed by atoms with van der Waals surface area (Å²) in [6.45, 7) is 1.66. The highest BCUT2D eigenvalue weighted by Crippen LogP contribution is 2.24. The minimum absolute atomic E-state index is 0.0320. The molecule has 1 aromatic heterocycles. The molecule has 1 aliphatic heterocycles. The third-order valence-corrected chi connectivity index (χ3v) is 5.15. The van der Waals surface area contributed by atoms with E-state index >= 15 is 0 Å². The van der Waals surface area contributed by atoms with Crippen molar-refractivity contribution in [2.75, 3.05) is 26.2 Å². The van der Waals surface area contributed by atoms with Gasteiger partial charge >= 0.3 is 0 Å². The molecule has 25 heavy (non-hydrogen) atoms. The molecule has 2 heterocycles. The van der Waals surface area contributed by atoms with Crippen LogP contribution in [-0.2, 0) is 0 Å². The quantitative estimate of drug-likeness (QED) is 0.606. The molecule has 130 valence electrons. The Morgan fingerprint density at radius 2 is 1.72 bits per heavy atom. The summed E-state index contributed by atoms with van der Waals surface area (Å²) in [6.07, 6.45) is 0. The Hall–Kier alpha value is -2.45. The monoisotopic (exact) mass is 379 g/mol. The van der Waals surface area contributed by atoms with Crippen LogP contribution in [0.1, 0.15) is 20.0 Å². The fourth-order valence-electron chi connectivity index (χ4n) is 2.63. The van der Waals surface area contributed by atoms with Gasteiger partial charge in [-0.05, 0) is 17.5 Å². The predicted molar refractivity (Wildman–Crippen MR) is 94.2 cm³/mol. The predicted octanol–water partition coefficient (Wildman–Crippen LogP) is 2.91. The number of nitrogens with zero attached hydrogens (tertiary/aromatic N) is 3. The number of carbonyl (C=O) groups excluding carboxylic acids is 2. The van der Waals surface area contributed by atoms with Crippen molar-refractivity contribution in [3.63, 3.8) is 0 Å². The molecular formula is C16H14ClN3O4S. The molecule has 0 unspecified atom stereocenters. The van der Waals surface area contributed by atoms with Crippen molar-refractivity contribution in [3.05, 3.63) is 61.3 Å². The van der Waals surface area contributed by atoms with Gasteiger partial charge in [-0.2, -0.15) is 0 Å². The van der Waals surface area contributed by atoms with Crippen LogP contribution in [0.25, 0.3) is 0 Å². The van der Waals surface area contributed by atoms with E-state index in [0.717, 1.165) is 0 Å². The number of benzene rings is 1. The summed E-state index contributed by atoms with van der Waals surface area (Å²) in [5.74, 6) is -0.321. The Balaban J connectivity index is 1.66. The summed E-state index contributed by atoms with van der Waals surface area (Å²) in [5, 5.41) is 12.7. The first-order valence-corrected chi connectivity index (χ1v) is 8.79. The largest absolute Gasteiger partial charge is 0.335 e. The van der Waals surface area contributed by atoms with E-state index < -0.39 is 4.92 Å². The van der Waals surface area contributed by atoms with Gasteiger partial charge in [0.05, 0.1) is 20.4 Å². The zero-order chi connectivity index (χ0) is 18.0. The van der Waals surface area contributed by atoms with E-state index in [-0.39, 0.29) is 28.1 Å². The van der Waals surface area contributed by atoms with E-state index in [0.29, 0.717) is 31.1 Å². The number of carbonyl (C=O) groups is 2. The van der Waals surface area contributed by atoms with Gasteiger partial charge in [-0.25, -0.2) is 0 Å². The van der Waals surface area contributed by atoms with Gasteiger partial charge in [0.25, 0.3) is 17.5 Å². The van der Waals surface area contributed by atoms with Gasteiger partial charge in [0, 0.05) is 38.3 Å². The Morgan fingerprint density at radius 1 is 1.08 bits per heavy atom. The first-order valence-electron chi connectivity index (χ1n) is 7.53. The molecule has 0 radical (unpaired) electrons. The van der Waals surface area contributed by atoms with Gasteiger partial charge in [-0.15, -0.1) is 11.3 Å². The molecule has 1 aromatic carbocycles. The van der Waals surface area contributed by atoms with Crippen LogP contribution < -0.4 is 0 Å². The van der Waals surface area contributed by atoms with Crippen LogP contribution in [0, 0.1) is 10.1 Å². The molecule has 7 nitrogen and oxygen atoms in total. The molecule has 1 fully saturated rings. The molecule has 9 heteroatoms. The average molecular weight is 380 g/mol. The first-order chi connectivity index (χ1) is 12.0. The Bertz CT molecular complexity index is 817. The standard InChI is InChI=1S/C16H14ClN3O4S/c17-13-10-11(20(23)24)3-4-12(13)15(21)18-5-7-19(8-6-18)16(22)14-2-1-9-25-14/h1-4,9-10H,5-8H2. The van der Waals surface area contributed by atoms with Crippen molar-refractivity contribution in [2.45, 2.75) is 0 Å². The molecule has 0 bridgehead atoms. The number of piperazine rings is 1. The molecule has 1 saturated heterocycles. The van der Waals surface area contributed by atoms with E-state index in [1.165, 1.54) is 29.5 Å². The van der Waals surface area contributed by atoms with Crippen molar-refractivity contribution in [2.24, 2.45) is 0 Å². The summed E-state index contributed by atoms with van der Waals surface area (Å²) >= 11 is 7.41. The lowest BCUT2D eigenvalue weighted by Crippen LogP contribution is -2.50. The molecular weight excluding hydrogens is 366 g/mol. The first kappa shape index (κ1) is 17.4. The SMILES string of the molecule is O=C(c1cccs1)N1CCN(C(=O)c2ccc([N+](=O)[O-])cc2Cl)CC1. The normalized spacial score (nSPS) is 14.4. The Morgan fingerprint density at radius 3 is 2.24 bits per heavy atom. The number of hydrogen-bond acceptors (Lipinski definition) is 5. The van der Waals surface area contributed by atoms with Gasteiger partial charge in [-0.1, -0.05) is 17.7 Å². The summed E-state index contributed by atoms with van der Waals surface area (Å²) < 4.78 is 0. The van der Waals surface area contributed by atoms with Crippen LogP contribution in [0.3, 0.4) is 0 Å². The van der Waals surface area contributed by atoms with Gasteiger partial charge in [0.2, 0.25) is 0 Å². The Kier molecular flexibility index (Phi) is 5.00. The van der Waals surface area contributed by atoms with E-state index in [2.05, 4.69) is 0 Å². The fourth-order valence-corrected chi connectivity index (χ4v) is 3.58. The molecule has 2 aromatic rings. The zero-order valence-electron chi connectivity index (χ0n) is 13.1. The van der Waals surface area contributed by atoms with Crippen LogP contribution in [0.15, 0.2) is 35.7 Å². The number of nitro benzene ring substituents is 1. The van der Waals surface area contributed by atoms with Crippen molar-refractivity contribution < 1.29 is 14.5 Å². The second-order valence-corrected chi connectivity index (χ2v) is 6.84. The molecule has 2 amide bonds. The highest BCUT2D eigenvalue weighted by molar-refractivity contribution is 7.12. The smallest absolute Gasteiger partial charge is 0.270 e. The van der Waals surface area contributed by atoms with Gasteiger partial charge in [0.15, 0.2) is 0 Å². The van der Waals surface area contributed by atoms with E-state index in [9.17, 15) is 19.7 Å². The average Bonchev–Trinajstić information content (AvgIpc) is 3.15. The van der Waals surface area contributed by atoms with E-state index in [1.807, 2.05) is 11.4 Å². The minimum atomic E-state index is -0.560. The lowest BCUT2D eigenvalue weighted by molar-refractivity contribution is -0.384. The molecule has 0 atom stereocenters. The minimum Gasteiger partial charge on any atom is -0.335 e. The van der Waals surface area contributed by atoms with Gasteiger partial charge < -0.3 is 9.80 Å². The molecule has 0 aliphatic carbocycles. The summed E-state index contributed by atoms with van der Waals surface area (Å²) in [5.41, 5.74) is 0.0678. The highest BCUT2D eigenvalue weighted by atomic mass is 35.5. The Labute approximate surface area is 152 Å². The lowest BCUT2D eigenvalue weighted by atomic mass is 10.1. The third kappa shape index (κ3) is 3.64. The number of hydrogen-bond donors (Lipinski definition) is 0. The maximum Gasteiger partial charge on any atom is 0.270 e. The number of nitro groups is 1. The van der Waals surface area contributed by atoms with Crippen molar-refractivity contribution in [1.29, 1.82) is 0 Å². The number of non-ortho nitro benzene ring substituents is 1. The molecule has 1 aliphatic rings. The lowest BCUT2D eigenvalue weighted by Gasteiger charge is -2.34. The molecule has 0 N–H and O–H groups in total. The molecule has 3 rings (SSSR count). The highest BCUT2D eigenvalue weighted by Gasteiger charge is 2.27.